The Morgan fingerprint density at radius 1 is 1.33 bits per heavy atom. The molecule has 0 saturated heterocycles. The van der Waals surface area contributed by atoms with Crippen LogP contribution in [0.4, 0.5) is 0 Å². The Hall–Kier alpha value is -0.915. The van der Waals surface area contributed by atoms with Crippen LogP contribution in [0.1, 0.15) is 0 Å². The van der Waals surface area contributed by atoms with E-state index < -0.39 is 0 Å². The summed E-state index contributed by atoms with van der Waals surface area (Å²) >= 11 is 0. The van der Waals surface area contributed by atoms with E-state index in [0.717, 1.165) is 12.3 Å². The van der Waals surface area contributed by atoms with Gasteiger partial charge in [-0.25, -0.2) is 0 Å². The molecule has 9 heavy (non-hydrogen) atoms. The maximum absolute atomic E-state index is 5.24. The molecule has 2 heteroatoms. The van der Waals surface area contributed by atoms with Gasteiger partial charge >= 0.3 is 0 Å². The van der Waals surface area contributed by atoms with E-state index in [0.29, 0.717) is 0 Å². The fourth-order valence-electron chi connectivity index (χ4n) is 1.00. The Kier molecular flexibility index (Phi) is 0.981. The third kappa shape index (κ3) is 0.708. The number of fused-ring (bicyclic) bond motifs is 1. The van der Waals surface area contributed by atoms with Crippen LogP contribution in [0.3, 0.4) is 0 Å². The van der Waals surface area contributed by atoms with E-state index >= 15 is 0 Å². The van der Waals surface area contributed by atoms with Crippen LogP contribution in [0.25, 0.3) is 0 Å². The zero-order valence-corrected chi connectivity index (χ0v) is 5.00. The number of rotatable bonds is 0. The van der Waals surface area contributed by atoms with Crippen molar-refractivity contribution < 1.29 is 4.74 Å². The summed E-state index contributed by atoms with van der Waals surface area (Å²) < 4.78 is 5.24. The summed E-state index contributed by atoms with van der Waals surface area (Å²) in [7, 11) is 2.08. The third-order valence-electron chi connectivity index (χ3n) is 1.46. The first kappa shape index (κ1) is 4.92. The summed E-state index contributed by atoms with van der Waals surface area (Å²) in [5, 5.41) is 0. The van der Waals surface area contributed by atoms with Crippen LogP contribution in [0, 0.1) is 0 Å². The van der Waals surface area contributed by atoms with E-state index in [-0.39, 0.29) is 0 Å². The van der Waals surface area contributed by atoms with Crippen LogP contribution >= 0.6 is 0 Å². The SMILES string of the molecule is [B]1COc2ccccc21. The van der Waals surface area contributed by atoms with Crippen molar-refractivity contribution in [2.75, 3.05) is 6.51 Å². The number of benzene rings is 1. The molecule has 2 rings (SSSR count). The minimum absolute atomic E-state index is 0.735. The van der Waals surface area contributed by atoms with E-state index in [1.807, 2.05) is 18.2 Å². The number of ether oxygens (including phenoxy) is 1. The van der Waals surface area contributed by atoms with Crippen molar-refractivity contribution in [2.24, 2.45) is 0 Å². The van der Waals surface area contributed by atoms with Crippen LogP contribution in [0.15, 0.2) is 24.3 Å². The predicted molar refractivity (Wildman–Crippen MR) is 37.3 cm³/mol. The van der Waals surface area contributed by atoms with Gasteiger partial charge in [0, 0.05) is 0 Å². The Bertz CT molecular complexity index is 199. The van der Waals surface area contributed by atoms with Gasteiger partial charge < -0.3 is 4.74 Å². The van der Waals surface area contributed by atoms with Crippen molar-refractivity contribution in [3.63, 3.8) is 0 Å². The Labute approximate surface area is 54.9 Å². The molecule has 0 aliphatic carbocycles. The van der Waals surface area contributed by atoms with Gasteiger partial charge in [-0.3, -0.25) is 0 Å². The summed E-state index contributed by atoms with van der Waals surface area (Å²) in [6, 6.07) is 8.04. The zero-order chi connectivity index (χ0) is 6.10. The molecular weight excluding hydrogens is 111 g/mol. The lowest BCUT2D eigenvalue weighted by molar-refractivity contribution is 0.399. The molecule has 0 N–H and O–H groups in total. The first-order chi connectivity index (χ1) is 4.47. The lowest BCUT2D eigenvalue weighted by atomic mass is 9.73. The molecule has 1 aliphatic heterocycles. The van der Waals surface area contributed by atoms with Crippen LogP contribution in [0.5, 0.6) is 5.75 Å². The second kappa shape index (κ2) is 1.80. The molecule has 0 fully saturated rings. The molecule has 43 valence electrons. The van der Waals surface area contributed by atoms with Gasteiger partial charge in [-0.2, -0.15) is 0 Å². The van der Waals surface area contributed by atoms with Gasteiger partial charge in [0.15, 0.2) is 0 Å². The topological polar surface area (TPSA) is 9.23 Å². The highest BCUT2D eigenvalue weighted by Crippen LogP contribution is 2.09. The second-order valence-corrected chi connectivity index (χ2v) is 2.05. The molecular formula is C7H6BO. The number of hydrogen-bond donors (Lipinski definition) is 0. The summed E-state index contributed by atoms with van der Waals surface area (Å²) in [4.78, 5) is 0. The number of hydrogen-bond acceptors (Lipinski definition) is 1. The van der Waals surface area contributed by atoms with Crippen molar-refractivity contribution >= 4 is 12.7 Å². The monoisotopic (exact) mass is 117 g/mol. The van der Waals surface area contributed by atoms with E-state index in [4.69, 9.17) is 4.74 Å². The molecule has 0 saturated carbocycles. The largest absolute Gasteiger partial charge is 0.503 e. The van der Waals surface area contributed by atoms with Crippen LogP contribution in [-0.4, -0.2) is 13.8 Å². The fraction of sp³-hybridized carbons (Fsp3) is 0.143. The Morgan fingerprint density at radius 2 is 2.22 bits per heavy atom. The van der Waals surface area contributed by atoms with Gasteiger partial charge in [-0.05, 0) is 11.5 Å². The van der Waals surface area contributed by atoms with Gasteiger partial charge in [0.2, 0.25) is 7.28 Å². The predicted octanol–water partition coefficient (Wildman–Crippen LogP) is 0.366. The van der Waals surface area contributed by atoms with Gasteiger partial charge in [0.25, 0.3) is 0 Å². The van der Waals surface area contributed by atoms with Gasteiger partial charge in [0.1, 0.15) is 5.75 Å². The van der Waals surface area contributed by atoms with Crippen LogP contribution in [0.2, 0.25) is 0 Å². The Balaban J connectivity index is 2.54. The molecule has 1 aromatic carbocycles. The van der Waals surface area contributed by atoms with E-state index in [9.17, 15) is 0 Å². The fourth-order valence-corrected chi connectivity index (χ4v) is 1.00. The molecule has 1 aromatic rings. The highest BCUT2D eigenvalue weighted by Gasteiger charge is 2.10. The quantitative estimate of drug-likeness (QED) is 0.446. The first-order valence-electron chi connectivity index (χ1n) is 3.02. The van der Waals surface area contributed by atoms with E-state index in [2.05, 4.69) is 13.3 Å². The maximum Gasteiger partial charge on any atom is 0.206 e. The molecule has 1 heterocycles. The average molecular weight is 117 g/mol. The molecule has 1 aliphatic rings. The molecule has 0 atom stereocenters. The zero-order valence-electron chi connectivity index (χ0n) is 5.00. The summed E-state index contributed by atoms with van der Waals surface area (Å²) in [6.07, 6.45) is 0. The smallest absolute Gasteiger partial charge is 0.206 e. The molecule has 0 spiro atoms. The van der Waals surface area contributed by atoms with E-state index in [1.165, 1.54) is 5.46 Å². The minimum atomic E-state index is 0.735. The van der Waals surface area contributed by atoms with Gasteiger partial charge in [-0.1, -0.05) is 18.2 Å². The normalized spacial score (nSPS) is 13.8. The summed E-state index contributed by atoms with van der Waals surface area (Å²) in [5.74, 6) is 1.01. The molecule has 1 nitrogen and oxygen atoms in total. The first-order valence-corrected chi connectivity index (χ1v) is 3.02. The van der Waals surface area contributed by atoms with E-state index in [1.54, 1.807) is 0 Å². The lowest BCUT2D eigenvalue weighted by Crippen LogP contribution is -2.08. The standard InChI is InChI=1S/C7H6BO/c1-2-4-7-6(3-1)8-5-9-7/h1-4H,5H2. The average Bonchev–Trinajstić information content (AvgIpc) is 2.33. The van der Waals surface area contributed by atoms with Crippen molar-refractivity contribution in [3.05, 3.63) is 24.3 Å². The van der Waals surface area contributed by atoms with Crippen molar-refractivity contribution in [3.8, 4) is 5.75 Å². The van der Waals surface area contributed by atoms with Crippen LogP contribution in [-0.2, 0) is 0 Å². The van der Waals surface area contributed by atoms with Crippen molar-refractivity contribution in [1.82, 2.24) is 0 Å². The maximum atomic E-state index is 5.24. The third-order valence-corrected chi connectivity index (χ3v) is 1.46. The second-order valence-electron chi connectivity index (χ2n) is 2.05. The molecule has 0 aromatic heterocycles. The van der Waals surface area contributed by atoms with Crippen molar-refractivity contribution in [2.45, 2.75) is 0 Å². The van der Waals surface area contributed by atoms with Crippen LogP contribution < -0.4 is 10.2 Å². The Morgan fingerprint density at radius 3 is 3.11 bits per heavy atom. The van der Waals surface area contributed by atoms with Gasteiger partial charge in [-0.15, -0.1) is 0 Å². The highest BCUT2D eigenvalue weighted by molar-refractivity contribution is 6.55. The minimum Gasteiger partial charge on any atom is -0.503 e. The highest BCUT2D eigenvalue weighted by atomic mass is 16.5. The molecule has 0 unspecified atom stereocenters. The summed E-state index contributed by atoms with van der Waals surface area (Å²) in [6.45, 7) is 0.735. The number of para-hydroxylation sites is 1. The van der Waals surface area contributed by atoms with Gasteiger partial charge in [0.05, 0.1) is 6.51 Å². The lowest BCUT2D eigenvalue weighted by Gasteiger charge is -1.94. The molecule has 1 radical (unpaired) electrons. The summed E-state index contributed by atoms with van der Waals surface area (Å²) in [5.41, 5.74) is 1.22. The molecule has 0 amide bonds. The molecule has 0 bridgehead atoms. The van der Waals surface area contributed by atoms with Crippen molar-refractivity contribution in [1.29, 1.82) is 0 Å².